The molecule has 2 aliphatic heterocycles. The van der Waals surface area contributed by atoms with Crippen molar-refractivity contribution in [3.63, 3.8) is 0 Å². The fourth-order valence-electron chi connectivity index (χ4n) is 6.72. The van der Waals surface area contributed by atoms with Gasteiger partial charge in [-0.05, 0) is 67.4 Å². The van der Waals surface area contributed by atoms with Crippen molar-refractivity contribution in [3.05, 3.63) is 11.8 Å². The molecule has 0 spiro atoms. The molecule has 2 fully saturated rings. The molecule has 3 aliphatic rings. The summed E-state index contributed by atoms with van der Waals surface area (Å²) in [4.78, 5) is 39.5. The van der Waals surface area contributed by atoms with Crippen molar-refractivity contribution in [2.24, 2.45) is 17.4 Å². The highest BCUT2D eigenvalue weighted by atomic mass is 16.7. The number of carbonyl (C=O) groups is 3. The minimum absolute atomic E-state index is 0.0273. The molecule has 19 nitrogen and oxygen atoms in total. The second kappa shape index (κ2) is 18.2. The van der Waals surface area contributed by atoms with Crippen LogP contribution < -0.4 is 27.4 Å². The smallest absolute Gasteiger partial charge is 0.410 e. The summed E-state index contributed by atoms with van der Waals surface area (Å²) in [7, 11) is 1.35. The number of nitrogens with two attached hydrogens (primary N) is 2. The van der Waals surface area contributed by atoms with Gasteiger partial charge in [-0.1, -0.05) is 0 Å². The van der Waals surface area contributed by atoms with Gasteiger partial charge in [0.05, 0.1) is 44.5 Å². The van der Waals surface area contributed by atoms with Gasteiger partial charge in [0.15, 0.2) is 6.29 Å². The van der Waals surface area contributed by atoms with E-state index >= 15 is 0 Å². The predicted octanol–water partition coefficient (Wildman–Crippen LogP) is -2.26. The molecular formula is C34H62N6O13. The molecule has 1 aliphatic carbocycles. The number of hydrogen-bond donors (Lipinski definition) is 10. The lowest BCUT2D eigenvalue weighted by Gasteiger charge is -2.51. The Balaban J connectivity index is 1.89. The topological polar surface area (TPSA) is 290 Å². The molecule has 0 aromatic heterocycles. The van der Waals surface area contributed by atoms with E-state index in [0.29, 0.717) is 18.7 Å². The van der Waals surface area contributed by atoms with E-state index in [1.807, 2.05) is 0 Å². The van der Waals surface area contributed by atoms with Gasteiger partial charge in [-0.2, -0.15) is 0 Å². The van der Waals surface area contributed by atoms with Crippen LogP contribution in [0.5, 0.6) is 0 Å². The summed E-state index contributed by atoms with van der Waals surface area (Å²) in [6.45, 7) is 11.0. The highest BCUT2D eigenvalue weighted by Gasteiger charge is 2.55. The van der Waals surface area contributed by atoms with Crippen LogP contribution in [0.25, 0.3) is 0 Å². The molecule has 0 aromatic carbocycles. The van der Waals surface area contributed by atoms with Gasteiger partial charge in [-0.25, -0.2) is 9.59 Å². The van der Waals surface area contributed by atoms with Gasteiger partial charge >= 0.3 is 12.2 Å². The Morgan fingerprint density at radius 2 is 1.72 bits per heavy atom. The lowest BCUT2D eigenvalue weighted by atomic mass is 9.72. The Labute approximate surface area is 310 Å². The summed E-state index contributed by atoms with van der Waals surface area (Å²) < 4.78 is 28.9. The van der Waals surface area contributed by atoms with E-state index in [1.54, 1.807) is 47.6 Å². The minimum Gasteiger partial charge on any atom is -0.492 e. The molecule has 306 valence electrons. The maximum Gasteiger partial charge on any atom is 0.410 e. The van der Waals surface area contributed by atoms with Crippen molar-refractivity contribution in [1.82, 2.24) is 20.9 Å². The summed E-state index contributed by atoms with van der Waals surface area (Å²) in [5.74, 6) is -1.29. The van der Waals surface area contributed by atoms with Crippen LogP contribution in [-0.4, -0.2) is 166 Å². The number of alkyl carbamates (subject to hydrolysis) is 1. The van der Waals surface area contributed by atoms with E-state index in [4.69, 9.17) is 40.3 Å². The van der Waals surface area contributed by atoms with Gasteiger partial charge in [-0.3, -0.25) is 4.79 Å². The van der Waals surface area contributed by atoms with E-state index in [0.717, 1.165) is 4.90 Å². The predicted molar refractivity (Wildman–Crippen MR) is 189 cm³/mol. The molecule has 2 heterocycles. The van der Waals surface area contributed by atoms with Crippen molar-refractivity contribution in [3.8, 4) is 0 Å². The largest absolute Gasteiger partial charge is 0.492 e. The normalized spacial score (nSPS) is 34.2. The first-order chi connectivity index (χ1) is 24.5. The maximum atomic E-state index is 13.3. The van der Waals surface area contributed by atoms with Crippen LogP contribution >= 0.6 is 0 Å². The Bertz CT molecular complexity index is 1270. The van der Waals surface area contributed by atoms with Crippen LogP contribution in [0.1, 0.15) is 61.3 Å². The van der Waals surface area contributed by atoms with Crippen LogP contribution in [0.15, 0.2) is 11.8 Å². The summed E-state index contributed by atoms with van der Waals surface area (Å²) in [5.41, 5.74) is 9.67. The van der Waals surface area contributed by atoms with Gasteiger partial charge in [0, 0.05) is 31.6 Å². The van der Waals surface area contributed by atoms with E-state index in [-0.39, 0.29) is 19.6 Å². The zero-order valence-corrected chi connectivity index (χ0v) is 32.0. The molecular weight excluding hydrogens is 700 g/mol. The zero-order chi connectivity index (χ0) is 40.1. The quantitative estimate of drug-likeness (QED) is 0.0939. The fraction of sp³-hybridized carbons (Fsp3) is 0.853. The first-order valence-electron chi connectivity index (χ1n) is 17.9. The number of carbonyl (C=O) groups excluding carboxylic acids is 3. The van der Waals surface area contributed by atoms with E-state index < -0.39 is 115 Å². The third-order valence-electron chi connectivity index (χ3n) is 9.08. The Kier molecular flexibility index (Phi) is 15.3. The van der Waals surface area contributed by atoms with Crippen LogP contribution in [-0.2, 0) is 28.5 Å². The standard InChI is InChI=1S/C34H62N6O13/c1-32(2,3)52-30(46)38-15-21(42)28(45)39-20-13-19(36)22(25-18(35)10-9-17(50-25)14-37-11-12-41)23(43)26(20)51-29-24(44)27(34(7,48)16-49-29)40(8)31(47)53-33(4,5)6/h9,18-27,29,37,41-44,48H,10-16,35-36H2,1-8H3,(H,38,46)(H,39,45)/t18-,19+,20-,21-,22-,23+,24-,25?,26+,27-,29-,34+/m1/s1. The Morgan fingerprint density at radius 3 is 2.32 bits per heavy atom. The highest BCUT2D eigenvalue weighted by Crippen LogP contribution is 2.37. The number of hydrogen-bond acceptors (Lipinski definition) is 16. The van der Waals surface area contributed by atoms with Gasteiger partial charge in [0.25, 0.3) is 5.91 Å². The number of nitrogens with zero attached hydrogens (tertiary/aromatic N) is 1. The first kappa shape index (κ1) is 44.5. The molecule has 1 unspecified atom stereocenters. The summed E-state index contributed by atoms with van der Waals surface area (Å²) in [6.07, 6.45) is -8.23. The van der Waals surface area contributed by atoms with Gasteiger partial charge < -0.3 is 81.5 Å². The molecule has 1 saturated carbocycles. The zero-order valence-electron chi connectivity index (χ0n) is 32.0. The number of ether oxygens (including phenoxy) is 5. The van der Waals surface area contributed by atoms with Gasteiger partial charge in [0.1, 0.15) is 47.0 Å². The molecule has 12 atom stereocenters. The number of rotatable bonds is 12. The molecule has 12 N–H and O–H groups in total. The second-order valence-electron chi connectivity index (χ2n) is 16.2. The number of likely N-dealkylation sites (N-methyl/N-ethyl adjacent to an activating group) is 1. The number of nitrogens with one attached hydrogen (secondary N) is 3. The third kappa shape index (κ3) is 12.3. The lowest BCUT2D eigenvalue weighted by molar-refractivity contribution is -0.305. The number of amides is 3. The van der Waals surface area contributed by atoms with Crippen molar-refractivity contribution < 1.29 is 63.6 Å². The molecule has 19 heteroatoms. The fourth-order valence-corrected chi connectivity index (χ4v) is 6.72. The van der Waals surface area contributed by atoms with Crippen molar-refractivity contribution in [2.75, 3.05) is 39.9 Å². The van der Waals surface area contributed by atoms with Crippen molar-refractivity contribution in [2.45, 2.75) is 139 Å². The molecule has 53 heavy (non-hydrogen) atoms. The second-order valence-corrected chi connectivity index (χ2v) is 16.2. The van der Waals surface area contributed by atoms with E-state index in [2.05, 4.69) is 16.0 Å². The molecule has 0 bridgehead atoms. The van der Waals surface area contributed by atoms with E-state index in [1.165, 1.54) is 14.0 Å². The molecule has 0 radical (unpaired) electrons. The SMILES string of the molecule is CN(C(=O)OC(C)(C)C)[C@@H]1[C@@H](O)[C@@H](O[C@@H]2[C@@H](O)[C@H](C3OC(CNCCO)=CC[C@H]3N)[C@@H](N)C[C@H]2NC(=O)[C@H](O)CNC(=O)OC(C)(C)C)OC[C@]1(C)O. The average Bonchev–Trinajstić information content (AvgIpc) is 3.02. The molecule has 3 rings (SSSR count). The Hall–Kier alpha value is -2.85. The average molecular weight is 763 g/mol. The number of aliphatic hydroxyl groups excluding tert-OH is 4. The monoisotopic (exact) mass is 762 g/mol. The van der Waals surface area contributed by atoms with Crippen LogP contribution in [0.2, 0.25) is 0 Å². The van der Waals surface area contributed by atoms with Crippen molar-refractivity contribution >= 4 is 18.1 Å². The van der Waals surface area contributed by atoms with Crippen LogP contribution in [0.4, 0.5) is 9.59 Å². The number of aliphatic hydroxyl groups is 5. The molecule has 3 amide bonds. The summed E-state index contributed by atoms with van der Waals surface area (Å²) >= 11 is 0. The minimum atomic E-state index is -1.77. The highest BCUT2D eigenvalue weighted by molar-refractivity contribution is 5.81. The molecule has 1 saturated heterocycles. The van der Waals surface area contributed by atoms with E-state index in [9.17, 15) is 34.8 Å². The third-order valence-corrected chi connectivity index (χ3v) is 9.08. The maximum absolute atomic E-state index is 13.3. The van der Waals surface area contributed by atoms with Crippen LogP contribution in [0, 0.1) is 5.92 Å². The molecule has 0 aromatic rings. The lowest BCUT2D eigenvalue weighted by Crippen LogP contribution is -2.70. The van der Waals surface area contributed by atoms with Gasteiger partial charge in [0.2, 0.25) is 0 Å². The van der Waals surface area contributed by atoms with Crippen LogP contribution in [0.3, 0.4) is 0 Å². The van der Waals surface area contributed by atoms with Gasteiger partial charge in [-0.15, -0.1) is 0 Å². The summed E-state index contributed by atoms with van der Waals surface area (Å²) in [5, 5.41) is 62.6. The van der Waals surface area contributed by atoms with Crippen molar-refractivity contribution in [1.29, 1.82) is 0 Å². The summed E-state index contributed by atoms with van der Waals surface area (Å²) in [6, 6.07) is -3.84. The first-order valence-corrected chi connectivity index (χ1v) is 17.9. The Morgan fingerprint density at radius 1 is 1.08 bits per heavy atom.